The van der Waals surface area contributed by atoms with Gasteiger partial charge in [0.2, 0.25) is 0 Å². The molecule has 0 saturated heterocycles. The highest BCUT2D eigenvalue weighted by Crippen LogP contribution is 2.16. The molecule has 3 atom stereocenters. The quantitative estimate of drug-likeness (QED) is 0.581. The normalized spacial score (nSPS) is 24.4. The number of carbonyl (C=O) groups excluding carboxylic acids is 3. The third-order valence-electron chi connectivity index (χ3n) is 4.45. The minimum atomic E-state index is -1.08. The van der Waals surface area contributed by atoms with Gasteiger partial charge in [-0.2, -0.15) is 0 Å². The van der Waals surface area contributed by atoms with E-state index >= 15 is 0 Å². The van der Waals surface area contributed by atoms with Gasteiger partial charge < -0.3 is 19.9 Å². The first-order valence-corrected chi connectivity index (χ1v) is 9.83. The number of esters is 2. The number of amides is 1. The van der Waals surface area contributed by atoms with Crippen LogP contribution in [0.4, 0.5) is 0 Å². The van der Waals surface area contributed by atoms with Crippen LogP contribution in [-0.2, 0) is 23.9 Å². The average molecular weight is 413 g/mol. The highest BCUT2D eigenvalue weighted by Gasteiger charge is 2.29. The Hall–Kier alpha value is -3.19. The van der Waals surface area contributed by atoms with Gasteiger partial charge in [0.15, 0.2) is 12.1 Å². The zero-order chi connectivity index (χ0) is 21.8. The third kappa shape index (κ3) is 7.67. The minimum absolute atomic E-state index is 0.289. The molecule has 7 nitrogen and oxygen atoms in total. The predicted octanol–water partition coefficient (Wildman–Crippen LogP) is 2.53. The van der Waals surface area contributed by atoms with E-state index in [1.807, 2.05) is 12.2 Å². The van der Waals surface area contributed by atoms with E-state index in [9.17, 15) is 19.5 Å². The largest absolute Gasteiger partial charge is 0.467 e. The number of aliphatic hydroxyl groups excluding tert-OH is 1. The Bertz CT molecular complexity index is 799. The van der Waals surface area contributed by atoms with E-state index in [1.165, 1.54) is 13.2 Å². The molecule has 1 aliphatic heterocycles. The highest BCUT2D eigenvalue weighted by molar-refractivity contribution is 5.90. The number of nitrogens with one attached hydrogen (secondary N) is 1. The molecular formula is C23H27NO6. The molecule has 7 heteroatoms. The SMILES string of the molecule is COC(=O)[C@@H](NC(=O)[C@@H]1CCC/C=C\C/C=C\C(O)/C=C/C(=O)O1)c1ccccc1. The molecule has 160 valence electrons. The summed E-state index contributed by atoms with van der Waals surface area (Å²) in [5.74, 6) is -1.96. The summed E-state index contributed by atoms with van der Waals surface area (Å²) in [5, 5.41) is 12.4. The van der Waals surface area contributed by atoms with Crippen LogP contribution < -0.4 is 5.32 Å². The lowest BCUT2D eigenvalue weighted by Gasteiger charge is -2.21. The number of ether oxygens (including phenoxy) is 2. The van der Waals surface area contributed by atoms with Gasteiger partial charge in [-0.3, -0.25) is 4.79 Å². The van der Waals surface area contributed by atoms with Gasteiger partial charge in [0.05, 0.1) is 13.2 Å². The van der Waals surface area contributed by atoms with Crippen molar-refractivity contribution in [3.63, 3.8) is 0 Å². The van der Waals surface area contributed by atoms with Crippen LogP contribution in [0, 0.1) is 0 Å². The lowest BCUT2D eigenvalue weighted by atomic mass is 10.1. The molecule has 1 aromatic carbocycles. The standard InChI is InChI=1S/C23H27NO6/c1-29-23(28)21(17-11-7-6-8-12-17)24-22(27)19-14-10-5-3-2-4-9-13-18(25)15-16-20(26)30-19/h2-3,6-9,11-13,15-16,18-19,21,25H,4-5,10,14H2,1H3,(H,24,27)/b3-2-,13-9-,16-15+/t18?,19-,21-/m0/s1. The summed E-state index contributed by atoms with van der Waals surface area (Å²) >= 11 is 0. The van der Waals surface area contributed by atoms with E-state index in [0.717, 1.165) is 6.08 Å². The van der Waals surface area contributed by atoms with E-state index in [2.05, 4.69) is 5.32 Å². The van der Waals surface area contributed by atoms with Gasteiger partial charge in [-0.05, 0) is 37.3 Å². The molecule has 0 saturated carbocycles. The van der Waals surface area contributed by atoms with Crippen LogP contribution in [0.25, 0.3) is 0 Å². The van der Waals surface area contributed by atoms with Crippen LogP contribution >= 0.6 is 0 Å². The molecule has 1 heterocycles. The molecule has 30 heavy (non-hydrogen) atoms. The summed E-state index contributed by atoms with van der Waals surface area (Å²) in [7, 11) is 1.24. The van der Waals surface area contributed by atoms with Crippen molar-refractivity contribution in [2.24, 2.45) is 0 Å². The first-order chi connectivity index (χ1) is 14.5. The van der Waals surface area contributed by atoms with Gasteiger partial charge in [0.25, 0.3) is 5.91 Å². The number of rotatable bonds is 4. The van der Waals surface area contributed by atoms with Crippen molar-refractivity contribution in [1.29, 1.82) is 0 Å². The third-order valence-corrected chi connectivity index (χ3v) is 4.45. The smallest absolute Gasteiger partial charge is 0.333 e. The van der Waals surface area contributed by atoms with E-state index in [4.69, 9.17) is 9.47 Å². The molecule has 1 amide bonds. The molecule has 0 spiro atoms. The van der Waals surface area contributed by atoms with Crippen molar-refractivity contribution in [3.8, 4) is 0 Å². The zero-order valence-corrected chi connectivity index (χ0v) is 16.9. The van der Waals surface area contributed by atoms with Crippen LogP contribution in [0.15, 0.2) is 66.8 Å². The second-order valence-electron chi connectivity index (χ2n) is 6.72. The summed E-state index contributed by atoms with van der Waals surface area (Å²) in [5.41, 5.74) is 0.558. The van der Waals surface area contributed by atoms with Crippen LogP contribution in [0.1, 0.15) is 37.3 Å². The van der Waals surface area contributed by atoms with Crippen molar-refractivity contribution in [2.45, 2.75) is 43.9 Å². The van der Waals surface area contributed by atoms with Crippen LogP contribution in [0.2, 0.25) is 0 Å². The number of carbonyl (C=O) groups is 3. The van der Waals surface area contributed by atoms with Crippen molar-refractivity contribution >= 4 is 17.8 Å². The van der Waals surface area contributed by atoms with Crippen LogP contribution in [-0.4, -0.2) is 42.3 Å². The number of methoxy groups -OCH3 is 1. The maximum absolute atomic E-state index is 12.9. The van der Waals surface area contributed by atoms with E-state index in [-0.39, 0.29) is 6.42 Å². The highest BCUT2D eigenvalue weighted by atomic mass is 16.5. The summed E-state index contributed by atoms with van der Waals surface area (Å²) in [6.45, 7) is 0. The molecule has 0 radical (unpaired) electrons. The lowest BCUT2D eigenvalue weighted by molar-refractivity contribution is -0.154. The molecule has 0 aliphatic carbocycles. The van der Waals surface area contributed by atoms with E-state index in [0.29, 0.717) is 24.8 Å². The Kier molecular flexibility index (Phi) is 9.54. The molecule has 0 aromatic heterocycles. The minimum Gasteiger partial charge on any atom is -0.467 e. The number of cyclic esters (lactones) is 1. The number of hydrogen-bond donors (Lipinski definition) is 2. The monoisotopic (exact) mass is 413 g/mol. The van der Waals surface area contributed by atoms with Gasteiger partial charge in [-0.1, -0.05) is 54.6 Å². The molecule has 0 fully saturated rings. The summed E-state index contributed by atoms with van der Waals surface area (Å²) in [6.07, 6.45) is 9.92. The van der Waals surface area contributed by atoms with Gasteiger partial charge in [0, 0.05) is 6.08 Å². The summed E-state index contributed by atoms with van der Waals surface area (Å²) in [4.78, 5) is 37.2. The Morgan fingerprint density at radius 2 is 1.93 bits per heavy atom. The van der Waals surface area contributed by atoms with Gasteiger partial charge >= 0.3 is 11.9 Å². The molecule has 2 N–H and O–H groups in total. The molecular weight excluding hydrogens is 386 g/mol. The van der Waals surface area contributed by atoms with Crippen molar-refractivity contribution in [1.82, 2.24) is 5.32 Å². The van der Waals surface area contributed by atoms with E-state index in [1.54, 1.807) is 42.5 Å². The fourth-order valence-corrected chi connectivity index (χ4v) is 2.87. The van der Waals surface area contributed by atoms with Crippen molar-refractivity contribution in [2.75, 3.05) is 7.11 Å². The fourth-order valence-electron chi connectivity index (χ4n) is 2.87. The second kappa shape index (κ2) is 12.4. The molecule has 0 bridgehead atoms. The molecule has 1 aromatic rings. The molecule has 2 rings (SSSR count). The maximum atomic E-state index is 12.9. The Morgan fingerprint density at radius 1 is 1.17 bits per heavy atom. The number of aliphatic hydroxyl groups is 1. The number of hydrogen-bond acceptors (Lipinski definition) is 6. The van der Waals surface area contributed by atoms with Gasteiger partial charge in [0.1, 0.15) is 0 Å². The second-order valence-corrected chi connectivity index (χ2v) is 6.72. The number of benzene rings is 1. The molecule has 1 unspecified atom stereocenters. The fraction of sp³-hybridized carbons (Fsp3) is 0.348. The zero-order valence-electron chi connectivity index (χ0n) is 16.9. The first-order valence-electron chi connectivity index (χ1n) is 9.83. The van der Waals surface area contributed by atoms with Crippen molar-refractivity contribution in [3.05, 3.63) is 72.4 Å². The topological polar surface area (TPSA) is 102 Å². The lowest BCUT2D eigenvalue weighted by Crippen LogP contribution is -2.42. The Labute approximate surface area is 176 Å². The summed E-state index contributed by atoms with van der Waals surface area (Å²) in [6, 6.07) is 7.67. The van der Waals surface area contributed by atoms with Crippen LogP contribution in [0.5, 0.6) is 0 Å². The van der Waals surface area contributed by atoms with Gasteiger partial charge in [-0.25, -0.2) is 9.59 Å². The number of allylic oxidation sites excluding steroid dienone is 3. The Balaban J connectivity index is 2.16. The average Bonchev–Trinajstić information content (AvgIpc) is 2.76. The predicted molar refractivity (Wildman–Crippen MR) is 111 cm³/mol. The maximum Gasteiger partial charge on any atom is 0.333 e. The molecule has 1 aliphatic rings. The van der Waals surface area contributed by atoms with Crippen LogP contribution in [0.3, 0.4) is 0 Å². The van der Waals surface area contributed by atoms with E-state index < -0.39 is 36.1 Å². The van der Waals surface area contributed by atoms with Gasteiger partial charge in [-0.15, -0.1) is 0 Å². The Morgan fingerprint density at radius 3 is 2.67 bits per heavy atom. The van der Waals surface area contributed by atoms with Crippen molar-refractivity contribution < 1.29 is 29.0 Å². The summed E-state index contributed by atoms with van der Waals surface area (Å²) < 4.78 is 10.1. The first kappa shape index (κ1) is 23.1.